The highest BCUT2D eigenvalue weighted by atomic mass is 16.5. The summed E-state index contributed by atoms with van der Waals surface area (Å²) < 4.78 is 5.54. The number of benzene rings is 2. The van der Waals surface area contributed by atoms with Gasteiger partial charge in [0, 0.05) is 24.6 Å². The van der Waals surface area contributed by atoms with Crippen LogP contribution in [0.4, 0.5) is 5.69 Å². The lowest BCUT2D eigenvalue weighted by molar-refractivity contribution is 0.102. The lowest BCUT2D eigenvalue weighted by atomic mass is 10.2. The summed E-state index contributed by atoms with van der Waals surface area (Å²) in [5, 5.41) is 2.87. The van der Waals surface area contributed by atoms with Gasteiger partial charge in [0.15, 0.2) is 0 Å². The van der Waals surface area contributed by atoms with Gasteiger partial charge in [0.25, 0.3) is 5.91 Å². The van der Waals surface area contributed by atoms with E-state index in [4.69, 9.17) is 4.74 Å². The van der Waals surface area contributed by atoms with E-state index in [0.717, 1.165) is 12.2 Å². The molecule has 0 spiro atoms. The standard InChI is InChI=1S/C22H22N4O2/c27-21(18-14-23-22(24-15-18)28-20-6-2-1-3-7-20)25-19-10-8-17(9-11-19)16-26-12-4-5-13-26/h1-3,6-11,14-15H,4-5,12-13,16H2,(H,25,27). The van der Waals surface area contributed by atoms with E-state index in [0.29, 0.717) is 11.3 Å². The van der Waals surface area contributed by atoms with Crippen molar-refractivity contribution < 1.29 is 9.53 Å². The lowest BCUT2D eigenvalue weighted by Gasteiger charge is -2.14. The van der Waals surface area contributed by atoms with Crippen LogP contribution in [0.1, 0.15) is 28.8 Å². The number of carbonyl (C=O) groups is 1. The lowest BCUT2D eigenvalue weighted by Crippen LogP contribution is -2.18. The second kappa shape index (κ2) is 8.63. The Morgan fingerprint density at radius 2 is 1.64 bits per heavy atom. The summed E-state index contributed by atoms with van der Waals surface area (Å²) in [6.45, 7) is 3.30. The number of nitrogens with one attached hydrogen (secondary N) is 1. The molecule has 3 aromatic rings. The van der Waals surface area contributed by atoms with Gasteiger partial charge in [-0.05, 0) is 55.8 Å². The molecule has 1 N–H and O–H groups in total. The number of ether oxygens (including phenoxy) is 1. The summed E-state index contributed by atoms with van der Waals surface area (Å²) in [6.07, 6.45) is 5.49. The van der Waals surface area contributed by atoms with Crippen LogP contribution in [-0.4, -0.2) is 33.9 Å². The predicted molar refractivity (Wildman–Crippen MR) is 107 cm³/mol. The van der Waals surface area contributed by atoms with Crippen molar-refractivity contribution >= 4 is 11.6 Å². The largest absolute Gasteiger partial charge is 0.424 e. The molecule has 2 aromatic carbocycles. The maximum atomic E-state index is 12.4. The normalized spacial score (nSPS) is 14.0. The van der Waals surface area contributed by atoms with Gasteiger partial charge in [-0.3, -0.25) is 9.69 Å². The highest BCUT2D eigenvalue weighted by Crippen LogP contribution is 2.18. The minimum absolute atomic E-state index is 0.203. The molecule has 1 fully saturated rings. The molecule has 2 heterocycles. The van der Waals surface area contributed by atoms with E-state index in [1.54, 1.807) is 0 Å². The molecule has 1 aliphatic heterocycles. The van der Waals surface area contributed by atoms with Gasteiger partial charge in [0.05, 0.1) is 5.56 Å². The Bertz CT molecular complexity index is 906. The van der Waals surface area contributed by atoms with Crippen molar-refractivity contribution in [1.29, 1.82) is 0 Å². The molecule has 0 saturated carbocycles. The second-order valence-electron chi connectivity index (χ2n) is 6.80. The molecular weight excluding hydrogens is 352 g/mol. The molecular formula is C22H22N4O2. The Hall–Kier alpha value is -3.25. The van der Waals surface area contributed by atoms with Crippen LogP contribution >= 0.6 is 0 Å². The molecule has 0 radical (unpaired) electrons. The van der Waals surface area contributed by atoms with Crippen LogP contribution in [0.25, 0.3) is 0 Å². The number of rotatable bonds is 6. The monoisotopic (exact) mass is 374 g/mol. The molecule has 1 saturated heterocycles. The number of anilines is 1. The molecule has 0 bridgehead atoms. The van der Waals surface area contributed by atoms with Crippen LogP contribution < -0.4 is 10.1 Å². The highest BCUT2D eigenvalue weighted by molar-refractivity contribution is 6.03. The van der Waals surface area contributed by atoms with Gasteiger partial charge in [0.1, 0.15) is 5.75 Å². The molecule has 0 atom stereocenters. The number of hydrogen-bond donors (Lipinski definition) is 1. The van der Waals surface area contributed by atoms with Crippen molar-refractivity contribution in [3.63, 3.8) is 0 Å². The third-order valence-electron chi connectivity index (χ3n) is 4.66. The van der Waals surface area contributed by atoms with E-state index >= 15 is 0 Å². The number of carbonyl (C=O) groups excluding carboxylic acids is 1. The number of likely N-dealkylation sites (tertiary alicyclic amines) is 1. The first-order chi connectivity index (χ1) is 13.8. The SMILES string of the molecule is O=C(Nc1ccc(CN2CCCC2)cc1)c1cnc(Oc2ccccc2)nc1. The maximum Gasteiger partial charge on any atom is 0.321 e. The van der Waals surface area contributed by atoms with Crippen molar-refractivity contribution in [1.82, 2.24) is 14.9 Å². The van der Waals surface area contributed by atoms with Gasteiger partial charge in [-0.15, -0.1) is 0 Å². The Morgan fingerprint density at radius 3 is 2.32 bits per heavy atom. The molecule has 6 heteroatoms. The van der Waals surface area contributed by atoms with Crippen LogP contribution in [-0.2, 0) is 6.54 Å². The first-order valence-electron chi connectivity index (χ1n) is 9.44. The molecule has 1 aliphatic rings. The van der Waals surface area contributed by atoms with E-state index in [1.807, 2.05) is 42.5 Å². The van der Waals surface area contributed by atoms with Crippen LogP contribution in [0.15, 0.2) is 67.0 Å². The van der Waals surface area contributed by atoms with Crippen LogP contribution in [0, 0.1) is 0 Å². The average molecular weight is 374 g/mol. The molecule has 142 valence electrons. The van der Waals surface area contributed by atoms with Crippen LogP contribution in [0.2, 0.25) is 0 Å². The molecule has 1 aromatic heterocycles. The summed E-state index contributed by atoms with van der Waals surface area (Å²) >= 11 is 0. The van der Waals surface area contributed by atoms with Crippen molar-refractivity contribution in [2.24, 2.45) is 0 Å². The smallest absolute Gasteiger partial charge is 0.321 e. The molecule has 0 unspecified atom stereocenters. The van der Waals surface area contributed by atoms with Crippen molar-refractivity contribution in [2.45, 2.75) is 19.4 Å². The van der Waals surface area contributed by atoms with Crippen molar-refractivity contribution in [3.05, 3.63) is 78.1 Å². The predicted octanol–water partition coefficient (Wildman–Crippen LogP) is 4.12. The first kappa shape index (κ1) is 18.1. The summed E-state index contributed by atoms with van der Waals surface area (Å²) in [4.78, 5) is 23.1. The van der Waals surface area contributed by atoms with Crippen molar-refractivity contribution in [2.75, 3.05) is 18.4 Å². The topological polar surface area (TPSA) is 67.4 Å². The summed E-state index contributed by atoms with van der Waals surface area (Å²) in [5.74, 6) is 0.396. The fourth-order valence-corrected chi connectivity index (χ4v) is 3.18. The minimum atomic E-state index is -0.251. The molecule has 0 aliphatic carbocycles. The quantitative estimate of drug-likeness (QED) is 0.703. The van der Waals surface area contributed by atoms with Gasteiger partial charge in [-0.25, -0.2) is 9.97 Å². The Kier molecular flexibility index (Phi) is 5.58. The summed E-state index contributed by atoms with van der Waals surface area (Å²) in [7, 11) is 0. The third kappa shape index (κ3) is 4.72. The van der Waals surface area contributed by atoms with E-state index in [-0.39, 0.29) is 11.9 Å². The van der Waals surface area contributed by atoms with Crippen LogP contribution in [0.5, 0.6) is 11.8 Å². The van der Waals surface area contributed by atoms with E-state index < -0.39 is 0 Å². The van der Waals surface area contributed by atoms with Gasteiger partial charge in [-0.2, -0.15) is 0 Å². The Morgan fingerprint density at radius 1 is 0.964 bits per heavy atom. The van der Waals surface area contributed by atoms with E-state index in [2.05, 4.69) is 32.3 Å². The number of hydrogen-bond acceptors (Lipinski definition) is 5. The summed E-state index contributed by atoms with van der Waals surface area (Å²) in [6, 6.07) is 17.4. The van der Waals surface area contributed by atoms with Gasteiger partial charge >= 0.3 is 6.01 Å². The maximum absolute atomic E-state index is 12.4. The zero-order valence-corrected chi connectivity index (χ0v) is 15.5. The Balaban J connectivity index is 1.34. The second-order valence-corrected chi connectivity index (χ2v) is 6.80. The molecule has 6 nitrogen and oxygen atoms in total. The minimum Gasteiger partial charge on any atom is -0.424 e. The van der Waals surface area contributed by atoms with E-state index in [1.165, 1.54) is 43.9 Å². The van der Waals surface area contributed by atoms with Crippen molar-refractivity contribution in [3.8, 4) is 11.8 Å². The molecule has 1 amide bonds. The Labute approximate surface area is 164 Å². The number of para-hydroxylation sites is 1. The van der Waals surface area contributed by atoms with Crippen LogP contribution in [0.3, 0.4) is 0 Å². The fraction of sp³-hybridized carbons (Fsp3) is 0.227. The highest BCUT2D eigenvalue weighted by Gasteiger charge is 2.12. The van der Waals surface area contributed by atoms with E-state index in [9.17, 15) is 4.79 Å². The fourth-order valence-electron chi connectivity index (χ4n) is 3.18. The summed E-state index contributed by atoms with van der Waals surface area (Å²) in [5.41, 5.74) is 2.38. The number of amides is 1. The van der Waals surface area contributed by atoms with Gasteiger partial charge < -0.3 is 10.1 Å². The molecule has 4 rings (SSSR count). The zero-order valence-electron chi connectivity index (χ0n) is 15.5. The number of nitrogens with zero attached hydrogens (tertiary/aromatic N) is 3. The number of aromatic nitrogens is 2. The van der Waals surface area contributed by atoms with Gasteiger partial charge in [-0.1, -0.05) is 30.3 Å². The zero-order chi connectivity index (χ0) is 19.2. The average Bonchev–Trinajstić information content (AvgIpc) is 3.24. The third-order valence-corrected chi connectivity index (χ3v) is 4.66. The first-order valence-corrected chi connectivity index (χ1v) is 9.44. The molecule has 28 heavy (non-hydrogen) atoms. The van der Waals surface area contributed by atoms with Gasteiger partial charge in [0.2, 0.25) is 0 Å².